The second-order valence-corrected chi connectivity index (χ2v) is 7.46. The molecule has 0 aromatic carbocycles. The molecule has 0 bridgehead atoms. The van der Waals surface area contributed by atoms with Gasteiger partial charge in [0, 0.05) is 24.4 Å². The summed E-state index contributed by atoms with van der Waals surface area (Å²) < 4.78 is 0. The number of aliphatic hydroxyl groups is 1. The van der Waals surface area contributed by atoms with Crippen molar-refractivity contribution >= 4 is 27.8 Å². The molecule has 2 rings (SSSR count). The van der Waals surface area contributed by atoms with Gasteiger partial charge < -0.3 is 10.0 Å². The third kappa shape index (κ3) is 3.40. The topological polar surface area (TPSA) is 36.4 Å². The first-order valence-electron chi connectivity index (χ1n) is 6.88. The summed E-state index contributed by atoms with van der Waals surface area (Å²) in [5, 5.41) is 12.6. The Kier molecular flexibility index (Phi) is 5.18. The molecular weight excluding hydrogens is 288 g/mol. The molecular formula is C15H22N2OS2. The lowest BCUT2D eigenvalue weighted by Gasteiger charge is -2.23. The number of rotatable bonds is 6. The second-order valence-electron chi connectivity index (χ2n) is 5.36. The van der Waals surface area contributed by atoms with Crippen molar-refractivity contribution in [1.82, 2.24) is 4.98 Å². The predicted octanol–water partition coefficient (Wildman–Crippen LogP) is 3.89. The first kappa shape index (κ1) is 15.5. The van der Waals surface area contributed by atoms with E-state index in [2.05, 4.69) is 50.2 Å². The maximum absolute atomic E-state index is 9.46. The SMILES string of the molecule is CC(C)c1nc(N(C)C(C)Cc2cccs2)sc1CO. The van der Waals surface area contributed by atoms with E-state index in [0.717, 1.165) is 22.1 Å². The van der Waals surface area contributed by atoms with Crippen LogP contribution in [0.2, 0.25) is 0 Å². The fraction of sp³-hybridized carbons (Fsp3) is 0.533. The first-order chi connectivity index (χ1) is 9.52. The van der Waals surface area contributed by atoms with Crippen LogP contribution in [0.5, 0.6) is 0 Å². The van der Waals surface area contributed by atoms with Gasteiger partial charge in [-0.25, -0.2) is 4.98 Å². The van der Waals surface area contributed by atoms with Gasteiger partial charge in [-0.15, -0.1) is 11.3 Å². The summed E-state index contributed by atoms with van der Waals surface area (Å²) in [6.07, 6.45) is 1.03. The third-order valence-electron chi connectivity index (χ3n) is 3.45. The number of hydrogen-bond donors (Lipinski definition) is 1. The Morgan fingerprint density at radius 2 is 2.10 bits per heavy atom. The van der Waals surface area contributed by atoms with E-state index in [1.54, 1.807) is 22.7 Å². The van der Waals surface area contributed by atoms with Crippen LogP contribution in [0.15, 0.2) is 17.5 Å². The Morgan fingerprint density at radius 1 is 1.35 bits per heavy atom. The molecule has 1 unspecified atom stereocenters. The molecule has 1 N–H and O–H groups in total. The largest absolute Gasteiger partial charge is 0.391 e. The van der Waals surface area contributed by atoms with Crippen LogP contribution in [-0.4, -0.2) is 23.2 Å². The lowest BCUT2D eigenvalue weighted by atomic mass is 10.1. The molecule has 3 nitrogen and oxygen atoms in total. The van der Waals surface area contributed by atoms with Gasteiger partial charge in [-0.05, 0) is 24.3 Å². The highest BCUT2D eigenvalue weighted by Crippen LogP contribution is 2.31. The summed E-state index contributed by atoms with van der Waals surface area (Å²) >= 11 is 3.40. The van der Waals surface area contributed by atoms with Crippen molar-refractivity contribution in [3.8, 4) is 0 Å². The van der Waals surface area contributed by atoms with Crippen LogP contribution in [0.1, 0.15) is 42.1 Å². The van der Waals surface area contributed by atoms with Gasteiger partial charge in [0.2, 0.25) is 0 Å². The minimum atomic E-state index is 0.0817. The van der Waals surface area contributed by atoms with Crippen LogP contribution in [0, 0.1) is 0 Å². The molecule has 1 atom stereocenters. The van der Waals surface area contributed by atoms with E-state index in [1.807, 2.05) is 0 Å². The van der Waals surface area contributed by atoms with E-state index in [0.29, 0.717) is 12.0 Å². The van der Waals surface area contributed by atoms with Crippen molar-refractivity contribution in [2.45, 2.75) is 45.8 Å². The summed E-state index contributed by atoms with van der Waals surface area (Å²) in [5.41, 5.74) is 1.03. The Morgan fingerprint density at radius 3 is 2.60 bits per heavy atom. The molecule has 0 fully saturated rings. The van der Waals surface area contributed by atoms with Gasteiger partial charge >= 0.3 is 0 Å². The normalized spacial score (nSPS) is 12.9. The maximum atomic E-state index is 9.46. The number of nitrogens with zero attached hydrogens (tertiary/aromatic N) is 2. The number of aromatic nitrogens is 1. The highest BCUT2D eigenvalue weighted by Gasteiger charge is 2.19. The highest BCUT2D eigenvalue weighted by molar-refractivity contribution is 7.15. The molecule has 0 aliphatic heterocycles. The predicted molar refractivity (Wildman–Crippen MR) is 88.0 cm³/mol. The Bertz CT molecular complexity index is 534. The van der Waals surface area contributed by atoms with E-state index in [4.69, 9.17) is 4.98 Å². The molecule has 20 heavy (non-hydrogen) atoms. The number of hydrogen-bond acceptors (Lipinski definition) is 5. The maximum Gasteiger partial charge on any atom is 0.185 e. The van der Waals surface area contributed by atoms with Crippen molar-refractivity contribution in [1.29, 1.82) is 0 Å². The van der Waals surface area contributed by atoms with E-state index < -0.39 is 0 Å². The third-order valence-corrected chi connectivity index (χ3v) is 5.49. The molecule has 0 aliphatic carbocycles. The zero-order valence-corrected chi connectivity index (χ0v) is 14.1. The van der Waals surface area contributed by atoms with E-state index in [9.17, 15) is 5.11 Å². The minimum absolute atomic E-state index is 0.0817. The molecule has 110 valence electrons. The molecule has 0 aliphatic rings. The number of aliphatic hydroxyl groups excluding tert-OH is 1. The van der Waals surface area contributed by atoms with Gasteiger partial charge in [0.05, 0.1) is 17.2 Å². The molecule has 0 amide bonds. The first-order valence-corrected chi connectivity index (χ1v) is 8.58. The fourth-order valence-corrected chi connectivity index (χ4v) is 4.08. The van der Waals surface area contributed by atoms with Crippen LogP contribution >= 0.6 is 22.7 Å². The van der Waals surface area contributed by atoms with Gasteiger partial charge in [-0.1, -0.05) is 31.3 Å². The molecule has 0 radical (unpaired) electrons. The smallest absolute Gasteiger partial charge is 0.185 e. The van der Waals surface area contributed by atoms with Crippen LogP contribution in [0.4, 0.5) is 5.13 Å². The van der Waals surface area contributed by atoms with Gasteiger partial charge in [0.15, 0.2) is 5.13 Å². The Hall–Kier alpha value is -0.910. The average molecular weight is 310 g/mol. The van der Waals surface area contributed by atoms with Crippen molar-refractivity contribution in [3.63, 3.8) is 0 Å². The summed E-state index contributed by atoms with van der Waals surface area (Å²) in [4.78, 5) is 9.32. The lowest BCUT2D eigenvalue weighted by molar-refractivity contribution is 0.283. The van der Waals surface area contributed by atoms with Crippen molar-refractivity contribution in [2.24, 2.45) is 0 Å². The molecule has 2 aromatic rings. The lowest BCUT2D eigenvalue weighted by Crippen LogP contribution is -2.30. The van der Waals surface area contributed by atoms with Gasteiger partial charge in [0.25, 0.3) is 0 Å². The van der Waals surface area contributed by atoms with E-state index in [-0.39, 0.29) is 6.61 Å². The summed E-state index contributed by atoms with van der Waals surface area (Å²) in [5.74, 6) is 0.350. The zero-order chi connectivity index (χ0) is 14.7. The van der Waals surface area contributed by atoms with E-state index >= 15 is 0 Å². The van der Waals surface area contributed by atoms with Crippen molar-refractivity contribution in [2.75, 3.05) is 11.9 Å². The van der Waals surface area contributed by atoms with Crippen LogP contribution in [0.25, 0.3) is 0 Å². The molecule has 2 heterocycles. The zero-order valence-electron chi connectivity index (χ0n) is 12.5. The summed E-state index contributed by atoms with van der Waals surface area (Å²) in [7, 11) is 2.09. The second kappa shape index (κ2) is 6.70. The number of anilines is 1. The monoisotopic (exact) mass is 310 g/mol. The fourth-order valence-electron chi connectivity index (χ4n) is 2.11. The number of thiophene rings is 1. The highest BCUT2D eigenvalue weighted by atomic mass is 32.1. The molecule has 5 heteroatoms. The molecule has 2 aromatic heterocycles. The standard InChI is InChI=1S/C15H22N2OS2/c1-10(2)14-13(9-18)20-15(16-14)17(4)11(3)8-12-6-5-7-19-12/h5-7,10-11,18H,8-9H2,1-4H3. The Labute approximate surface area is 128 Å². The van der Waals surface area contributed by atoms with Crippen LogP contribution in [-0.2, 0) is 13.0 Å². The number of likely N-dealkylation sites (N-methyl/N-ethyl adjacent to an activating group) is 1. The molecule has 0 spiro atoms. The quantitative estimate of drug-likeness (QED) is 0.879. The number of thiazole rings is 1. The molecule has 0 saturated heterocycles. The Balaban J connectivity index is 2.13. The van der Waals surface area contributed by atoms with E-state index in [1.165, 1.54) is 4.88 Å². The minimum Gasteiger partial charge on any atom is -0.391 e. The summed E-state index contributed by atoms with van der Waals surface area (Å²) in [6.45, 7) is 6.53. The van der Waals surface area contributed by atoms with Gasteiger partial charge in [-0.3, -0.25) is 0 Å². The van der Waals surface area contributed by atoms with Crippen molar-refractivity contribution < 1.29 is 5.11 Å². The molecule has 0 saturated carbocycles. The summed E-state index contributed by atoms with van der Waals surface area (Å²) in [6, 6.07) is 4.67. The van der Waals surface area contributed by atoms with Crippen LogP contribution in [0.3, 0.4) is 0 Å². The van der Waals surface area contributed by atoms with Crippen molar-refractivity contribution in [3.05, 3.63) is 33.0 Å². The van der Waals surface area contributed by atoms with Gasteiger partial charge in [0.1, 0.15) is 0 Å². The average Bonchev–Trinajstić information content (AvgIpc) is 3.05. The van der Waals surface area contributed by atoms with Gasteiger partial charge in [-0.2, -0.15) is 0 Å². The van der Waals surface area contributed by atoms with Crippen LogP contribution < -0.4 is 4.90 Å².